The molecule has 2 rings (SSSR count). The van der Waals surface area contributed by atoms with Gasteiger partial charge >= 0.3 is 0 Å². The maximum absolute atomic E-state index is 9.08. The molecule has 0 fully saturated rings. The smallest absolute Gasteiger partial charge is 0.132 e. The standard InChI is InChI=1S/C14H13BrO2S/c1-17-12-4-2-3-5-14(12)18-13-7-6-10(9-16)8-11(13)15/h2-8,16H,9H2,1H3. The van der Waals surface area contributed by atoms with Gasteiger partial charge in [-0.3, -0.25) is 0 Å². The molecule has 4 heteroatoms. The van der Waals surface area contributed by atoms with E-state index in [2.05, 4.69) is 15.9 Å². The van der Waals surface area contributed by atoms with Crippen LogP contribution < -0.4 is 4.74 Å². The Kier molecular flexibility index (Phi) is 4.69. The summed E-state index contributed by atoms with van der Waals surface area (Å²) in [5.41, 5.74) is 0.895. The highest BCUT2D eigenvalue weighted by molar-refractivity contribution is 9.10. The Balaban J connectivity index is 2.28. The molecule has 0 aliphatic carbocycles. The summed E-state index contributed by atoms with van der Waals surface area (Å²) < 4.78 is 6.30. The van der Waals surface area contributed by atoms with E-state index in [4.69, 9.17) is 9.84 Å². The third kappa shape index (κ3) is 3.07. The van der Waals surface area contributed by atoms with E-state index >= 15 is 0 Å². The molecular formula is C14H13BrO2S. The zero-order valence-corrected chi connectivity index (χ0v) is 12.3. The van der Waals surface area contributed by atoms with Crippen molar-refractivity contribution in [2.75, 3.05) is 7.11 Å². The van der Waals surface area contributed by atoms with Crippen LogP contribution in [-0.4, -0.2) is 12.2 Å². The monoisotopic (exact) mass is 324 g/mol. The van der Waals surface area contributed by atoms with Gasteiger partial charge < -0.3 is 9.84 Å². The number of hydrogen-bond acceptors (Lipinski definition) is 3. The van der Waals surface area contributed by atoms with E-state index in [1.54, 1.807) is 18.9 Å². The van der Waals surface area contributed by atoms with Gasteiger partial charge in [0.15, 0.2) is 0 Å². The van der Waals surface area contributed by atoms with Crippen LogP contribution >= 0.6 is 27.7 Å². The van der Waals surface area contributed by atoms with Crippen molar-refractivity contribution in [3.8, 4) is 5.75 Å². The van der Waals surface area contributed by atoms with E-state index in [1.165, 1.54) is 0 Å². The van der Waals surface area contributed by atoms with Gasteiger partial charge in [-0.25, -0.2) is 0 Å². The lowest BCUT2D eigenvalue weighted by Crippen LogP contribution is -1.87. The number of methoxy groups -OCH3 is 1. The first-order valence-electron chi connectivity index (χ1n) is 5.44. The minimum absolute atomic E-state index is 0.0538. The fourth-order valence-corrected chi connectivity index (χ4v) is 3.14. The molecule has 0 bridgehead atoms. The molecule has 0 radical (unpaired) electrons. The fraction of sp³-hybridized carbons (Fsp3) is 0.143. The van der Waals surface area contributed by atoms with E-state index in [0.717, 1.165) is 25.6 Å². The number of ether oxygens (including phenoxy) is 1. The average Bonchev–Trinajstić information content (AvgIpc) is 2.41. The van der Waals surface area contributed by atoms with Gasteiger partial charge in [-0.15, -0.1) is 0 Å². The number of rotatable bonds is 4. The molecule has 0 saturated heterocycles. The maximum Gasteiger partial charge on any atom is 0.132 e. The van der Waals surface area contributed by atoms with Crippen molar-refractivity contribution in [2.24, 2.45) is 0 Å². The molecule has 1 N–H and O–H groups in total. The van der Waals surface area contributed by atoms with Gasteiger partial charge in [-0.2, -0.15) is 0 Å². The summed E-state index contributed by atoms with van der Waals surface area (Å²) in [5, 5.41) is 9.08. The Bertz CT molecular complexity index is 543. The number of aliphatic hydroxyl groups excluding tert-OH is 1. The Labute approximate surface area is 119 Å². The average molecular weight is 325 g/mol. The fourth-order valence-electron chi connectivity index (χ4n) is 1.55. The van der Waals surface area contributed by atoms with Crippen LogP contribution in [0.3, 0.4) is 0 Å². The second-order valence-corrected chi connectivity index (χ2v) is 5.61. The Hall–Kier alpha value is -0.970. The number of para-hydroxylation sites is 1. The number of aliphatic hydroxyl groups is 1. The number of hydrogen-bond donors (Lipinski definition) is 1. The maximum atomic E-state index is 9.08. The molecule has 0 aliphatic heterocycles. The predicted molar refractivity (Wildman–Crippen MR) is 77.2 cm³/mol. The molecule has 2 aromatic rings. The van der Waals surface area contributed by atoms with Crippen molar-refractivity contribution in [2.45, 2.75) is 16.4 Å². The molecule has 0 heterocycles. The van der Waals surface area contributed by atoms with Gasteiger partial charge in [0.05, 0.1) is 18.6 Å². The van der Waals surface area contributed by atoms with Crippen LogP contribution in [0.25, 0.3) is 0 Å². The van der Waals surface area contributed by atoms with Crippen molar-refractivity contribution < 1.29 is 9.84 Å². The van der Waals surface area contributed by atoms with Crippen LogP contribution in [0.1, 0.15) is 5.56 Å². The Morgan fingerprint density at radius 1 is 1.17 bits per heavy atom. The van der Waals surface area contributed by atoms with Gasteiger partial charge in [-0.05, 0) is 45.8 Å². The van der Waals surface area contributed by atoms with Crippen molar-refractivity contribution in [3.63, 3.8) is 0 Å². The lowest BCUT2D eigenvalue weighted by Gasteiger charge is -2.09. The highest BCUT2D eigenvalue weighted by Crippen LogP contribution is 2.38. The molecule has 0 unspecified atom stereocenters. The molecule has 0 aliphatic rings. The molecule has 0 spiro atoms. The summed E-state index contributed by atoms with van der Waals surface area (Å²) in [7, 11) is 1.67. The molecular weight excluding hydrogens is 312 g/mol. The summed E-state index contributed by atoms with van der Waals surface area (Å²) in [6.07, 6.45) is 0. The van der Waals surface area contributed by atoms with Gasteiger partial charge in [0.2, 0.25) is 0 Å². The van der Waals surface area contributed by atoms with E-state index < -0.39 is 0 Å². The zero-order chi connectivity index (χ0) is 13.0. The summed E-state index contributed by atoms with van der Waals surface area (Å²) >= 11 is 5.15. The summed E-state index contributed by atoms with van der Waals surface area (Å²) in [5.74, 6) is 0.862. The van der Waals surface area contributed by atoms with Gasteiger partial charge in [0.1, 0.15) is 5.75 Å². The molecule has 2 aromatic carbocycles. The van der Waals surface area contributed by atoms with Gasteiger partial charge in [0, 0.05) is 9.37 Å². The summed E-state index contributed by atoms with van der Waals surface area (Å²) in [6.45, 7) is 0.0538. The first-order chi connectivity index (χ1) is 8.74. The number of benzene rings is 2. The quantitative estimate of drug-likeness (QED) is 0.918. The van der Waals surface area contributed by atoms with Crippen LogP contribution in [0, 0.1) is 0 Å². The SMILES string of the molecule is COc1ccccc1Sc1ccc(CO)cc1Br. The topological polar surface area (TPSA) is 29.5 Å². The van der Waals surface area contributed by atoms with Crippen molar-refractivity contribution >= 4 is 27.7 Å². The van der Waals surface area contributed by atoms with Crippen LogP contribution in [0.2, 0.25) is 0 Å². The van der Waals surface area contributed by atoms with E-state index in [-0.39, 0.29) is 6.61 Å². The first-order valence-corrected chi connectivity index (χ1v) is 7.05. The predicted octanol–water partition coefficient (Wildman–Crippen LogP) is 4.10. The molecule has 0 saturated carbocycles. The van der Waals surface area contributed by atoms with Crippen LogP contribution in [0.5, 0.6) is 5.75 Å². The van der Waals surface area contributed by atoms with Gasteiger partial charge in [0.25, 0.3) is 0 Å². The molecule has 18 heavy (non-hydrogen) atoms. The van der Waals surface area contributed by atoms with Crippen molar-refractivity contribution in [3.05, 3.63) is 52.5 Å². The van der Waals surface area contributed by atoms with Crippen LogP contribution in [0.4, 0.5) is 0 Å². The third-order valence-corrected chi connectivity index (χ3v) is 4.52. The minimum atomic E-state index is 0.0538. The second kappa shape index (κ2) is 6.27. The Morgan fingerprint density at radius 2 is 1.94 bits per heavy atom. The number of halogens is 1. The highest BCUT2D eigenvalue weighted by Gasteiger charge is 2.07. The van der Waals surface area contributed by atoms with Crippen molar-refractivity contribution in [1.82, 2.24) is 0 Å². The molecule has 94 valence electrons. The molecule has 0 atom stereocenters. The normalized spacial score (nSPS) is 10.4. The summed E-state index contributed by atoms with van der Waals surface area (Å²) in [4.78, 5) is 2.16. The summed E-state index contributed by atoms with van der Waals surface area (Å²) in [6, 6.07) is 13.7. The largest absolute Gasteiger partial charge is 0.496 e. The molecule has 0 aromatic heterocycles. The van der Waals surface area contributed by atoms with E-state index in [0.29, 0.717) is 0 Å². The van der Waals surface area contributed by atoms with E-state index in [1.807, 2.05) is 42.5 Å². The van der Waals surface area contributed by atoms with Crippen LogP contribution in [-0.2, 0) is 6.61 Å². The molecule has 2 nitrogen and oxygen atoms in total. The lowest BCUT2D eigenvalue weighted by molar-refractivity contribution is 0.281. The molecule has 0 amide bonds. The Morgan fingerprint density at radius 3 is 2.61 bits per heavy atom. The van der Waals surface area contributed by atoms with Gasteiger partial charge in [-0.1, -0.05) is 30.0 Å². The highest BCUT2D eigenvalue weighted by atomic mass is 79.9. The first kappa shape index (κ1) is 13.5. The lowest BCUT2D eigenvalue weighted by atomic mass is 10.2. The van der Waals surface area contributed by atoms with Crippen LogP contribution in [0.15, 0.2) is 56.7 Å². The minimum Gasteiger partial charge on any atom is -0.496 e. The van der Waals surface area contributed by atoms with Crippen molar-refractivity contribution in [1.29, 1.82) is 0 Å². The zero-order valence-electron chi connectivity index (χ0n) is 9.89. The van der Waals surface area contributed by atoms with E-state index in [9.17, 15) is 0 Å². The second-order valence-electron chi connectivity index (χ2n) is 3.68. The third-order valence-electron chi connectivity index (χ3n) is 2.47.